The van der Waals surface area contributed by atoms with Crippen molar-refractivity contribution >= 4 is 11.4 Å². The quantitative estimate of drug-likeness (QED) is 0.267. The average molecular weight is 475 g/mol. The summed E-state index contributed by atoms with van der Waals surface area (Å²) >= 11 is 0. The van der Waals surface area contributed by atoms with Gasteiger partial charge in [-0.25, -0.2) is 0 Å². The van der Waals surface area contributed by atoms with E-state index in [4.69, 9.17) is 11.5 Å². The summed E-state index contributed by atoms with van der Waals surface area (Å²) in [6, 6.07) is 35.3. The largest absolute Gasteiger partial charge is 0.399 e. The van der Waals surface area contributed by atoms with Crippen LogP contribution in [0.4, 0.5) is 11.4 Å². The molecule has 0 radical (unpaired) electrons. The molecule has 4 N–H and O–H groups in total. The molecule has 0 saturated heterocycles. The van der Waals surface area contributed by atoms with Gasteiger partial charge in [-0.1, -0.05) is 86.1 Å². The van der Waals surface area contributed by atoms with Crippen molar-refractivity contribution in [1.82, 2.24) is 0 Å². The van der Waals surface area contributed by atoms with Crippen molar-refractivity contribution in [3.05, 3.63) is 130 Å². The Bertz CT molecular complexity index is 1150. The van der Waals surface area contributed by atoms with Crippen LogP contribution >= 0.6 is 0 Å². The molecular formula is C34H38N2. The van der Waals surface area contributed by atoms with Crippen LogP contribution in [0.25, 0.3) is 0 Å². The van der Waals surface area contributed by atoms with Crippen LogP contribution in [0, 0.1) is 5.92 Å². The summed E-state index contributed by atoms with van der Waals surface area (Å²) in [6.45, 7) is 2.34. The molecular weight excluding hydrogens is 436 g/mol. The van der Waals surface area contributed by atoms with Gasteiger partial charge in [0.1, 0.15) is 0 Å². The fraction of sp³-hybridized carbons (Fsp3) is 0.294. The van der Waals surface area contributed by atoms with Gasteiger partial charge in [0.05, 0.1) is 0 Å². The molecule has 0 spiro atoms. The van der Waals surface area contributed by atoms with Gasteiger partial charge in [-0.3, -0.25) is 0 Å². The second kappa shape index (κ2) is 10.6. The van der Waals surface area contributed by atoms with Crippen molar-refractivity contribution < 1.29 is 0 Å². The molecule has 36 heavy (non-hydrogen) atoms. The van der Waals surface area contributed by atoms with E-state index >= 15 is 0 Å². The molecule has 1 fully saturated rings. The zero-order chi connectivity index (χ0) is 25.0. The van der Waals surface area contributed by atoms with Gasteiger partial charge in [0.2, 0.25) is 0 Å². The van der Waals surface area contributed by atoms with Crippen LogP contribution in [0.5, 0.6) is 0 Å². The molecule has 184 valence electrons. The molecule has 4 aromatic rings. The Morgan fingerprint density at radius 3 is 1.22 bits per heavy atom. The average Bonchev–Trinajstić information content (AvgIpc) is 2.92. The van der Waals surface area contributed by atoms with E-state index in [1.807, 2.05) is 24.3 Å². The van der Waals surface area contributed by atoms with Crippen LogP contribution in [-0.4, -0.2) is 0 Å². The van der Waals surface area contributed by atoms with E-state index in [0.29, 0.717) is 0 Å². The molecule has 0 bridgehead atoms. The number of hydrogen-bond donors (Lipinski definition) is 2. The molecule has 0 unspecified atom stereocenters. The second-order valence-electron chi connectivity index (χ2n) is 10.7. The van der Waals surface area contributed by atoms with Crippen LogP contribution in [0.15, 0.2) is 97.1 Å². The van der Waals surface area contributed by atoms with Gasteiger partial charge in [-0.15, -0.1) is 0 Å². The number of anilines is 2. The van der Waals surface area contributed by atoms with Crippen LogP contribution in [0.2, 0.25) is 0 Å². The summed E-state index contributed by atoms with van der Waals surface area (Å²) in [5.41, 5.74) is 21.7. The van der Waals surface area contributed by atoms with E-state index in [1.165, 1.54) is 65.5 Å². The van der Waals surface area contributed by atoms with E-state index in [1.54, 1.807) is 0 Å². The third-order valence-electron chi connectivity index (χ3n) is 8.33. The lowest BCUT2D eigenvalue weighted by molar-refractivity contribution is 0.260. The predicted molar refractivity (Wildman–Crippen MR) is 153 cm³/mol. The summed E-state index contributed by atoms with van der Waals surface area (Å²) in [5, 5.41) is 0. The van der Waals surface area contributed by atoms with E-state index < -0.39 is 0 Å². The van der Waals surface area contributed by atoms with Crippen molar-refractivity contribution in [2.24, 2.45) is 5.92 Å². The molecule has 1 saturated carbocycles. The molecule has 4 aromatic carbocycles. The van der Waals surface area contributed by atoms with Crippen LogP contribution < -0.4 is 11.5 Å². The first-order valence-electron chi connectivity index (χ1n) is 13.4. The van der Waals surface area contributed by atoms with Gasteiger partial charge in [-0.2, -0.15) is 0 Å². The molecule has 0 heterocycles. The number of nitrogens with two attached hydrogens (primary N) is 2. The predicted octanol–water partition coefficient (Wildman–Crippen LogP) is 7.92. The fourth-order valence-corrected chi connectivity index (χ4v) is 5.95. The van der Waals surface area contributed by atoms with E-state index in [2.05, 4.69) is 79.7 Å². The molecule has 0 amide bonds. The summed E-state index contributed by atoms with van der Waals surface area (Å²) in [7, 11) is 0. The highest BCUT2D eigenvalue weighted by Gasteiger charge is 2.38. The number of nitrogen functional groups attached to an aromatic ring is 2. The third-order valence-corrected chi connectivity index (χ3v) is 8.33. The van der Waals surface area contributed by atoms with E-state index in [9.17, 15) is 0 Å². The molecule has 2 nitrogen and oxygen atoms in total. The molecule has 0 aromatic heterocycles. The number of rotatable bonds is 7. The Hall–Kier alpha value is -3.52. The van der Waals surface area contributed by atoms with Crippen molar-refractivity contribution in [3.63, 3.8) is 0 Å². The summed E-state index contributed by atoms with van der Waals surface area (Å²) in [4.78, 5) is 0. The Labute approximate surface area is 216 Å². The van der Waals surface area contributed by atoms with Crippen LogP contribution in [-0.2, 0) is 18.3 Å². The normalized spacial score (nSPS) is 15.6. The van der Waals surface area contributed by atoms with Crippen molar-refractivity contribution in [2.45, 2.75) is 57.3 Å². The van der Waals surface area contributed by atoms with Gasteiger partial charge in [0.25, 0.3) is 0 Å². The maximum absolute atomic E-state index is 5.86. The van der Waals surface area contributed by atoms with Gasteiger partial charge >= 0.3 is 0 Å². The Morgan fingerprint density at radius 2 is 0.889 bits per heavy atom. The molecule has 0 atom stereocenters. The first kappa shape index (κ1) is 24.2. The fourth-order valence-electron chi connectivity index (χ4n) is 5.95. The smallest absolute Gasteiger partial charge is 0.0314 e. The lowest BCUT2D eigenvalue weighted by atomic mass is 9.62. The maximum Gasteiger partial charge on any atom is 0.0314 e. The second-order valence-corrected chi connectivity index (χ2v) is 10.7. The molecule has 1 aliphatic rings. The third kappa shape index (κ3) is 5.33. The Kier molecular flexibility index (Phi) is 7.13. The number of benzene rings is 4. The highest BCUT2D eigenvalue weighted by molar-refractivity contribution is 5.45. The van der Waals surface area contributed by atoms with E-state index in [0.717, 1.165) is 30.1 Å². The Morgan fingerprint density at radius 1 is 0.556 bits per heavy atom. The lowest BCUT2D eigenvalue weighted by Gasteiger charge is -2.41. The van der Waals surface area contributed by atoms with Gasteiger partial charge in [0, 0.05) is 16.8 Å². The monoisotopic (exact) mass is 474 g/mol. The van der Waals surface area contributed by atoms with Crippen LogP contribution in [0.1, 0.15) is 72.4 Å². The topological polar surface area (TPSA) is 52.0 Å². The molecule has 0 aliphatic heterocycles. The van der Waals surface area contributed by atoms with Crippen LogP contribution in [0.3, 0.4) is 0 Å². The molecule has 1 aliphatic carbocycles. The minimum atomic E-state index is 0.102. The SMILES string of the molecule is CCC1CCC(c2ccc(Cc3ccc(N)cc3)cc2)(c2ccc(Cc3ccc(N)cc3)cc2)CC1. The van der Waals surface area contributed by atoms with Gasteiger partial charge in [-0.05, 0) is 102 Å². The summed E-state index contributed by atoms with van der Waals surface area (Å²) in [6.07, 6.45) is 8.21. The minimum absolute atomic E-state index is 0.102. The highest BCUT2D eigenvalue weighted by Crippen LogP contribution is 2.47. The first-order chi connectivity index (χ1) is 17.5. The zero-order valence-electron chi connectivity index (χ0n) is 21.4. The number of hydrogen-bond acceptors (Lipinski definition) is 2. The summed E-state index contributed by atoms with van der Waals surface area (Å²) in [5.74, 6) is 0.854. The van der Waals surface area contributed by atoms with Gasteiger partial charge < -0.3 is 11.5 Å². The summed E-state index contributed by atoms with van der Waals surface area (Å²) < 4.78 is 0. The maximum atomic E-state index is 5.86. The molecule has 2 heteroatoms. The van der Waals surface area contributed by atoms with E-state index in [-0.39, 0.29) is 5.41 Å². The van der Waals surface area contributed by atoms with Crippen molar-refractivity contribution in [3.8, 4) is 0 Å². The standard InChI is InChI=1S/C34H38N2/c1-2-25-19-21-34(22-20-25,30-11-3-26(4-12-30)23-28-7-15-32(35)16-8-28)31-13-5-27(6-14-31)24-29-9-17-33(36)18-10-29/h3-18,25H,2,19-24,35-36H2,1H3. The lowest BCUT2D eigenvalue weighted by Crippen LogP contribution is -2.33. The first-order valence-corrected chi connectivity index (χ1v) is 13.4. The minimum Gasteiger partial charge on any atom is -0.399 e. The highest BCUT2D eigenvalue weighted by atomic mass is 14.5. The molecule has 5 rings (SSSR count). The van der Waals surface area contributed by atoms with Crippen molar-refractivity contribution in [1.29, 1.82) is 0 Å². The zero-order valence-corrected chi connectivity index (χ0v) is 21.4. The van der Waals surface area contributed by atoms with Gasteiger partial charge in [0.15, 0.2) is 0 Å². The Balaban J connectivity index is 1.39. The van der Waals surface area contributed by atoms with Crippen molar-refractivity contribution in [2.75, 3.05) is 11.5 Å².